The van der Waals surface area contributed by atoms with Crippen LogP contribution in [0.5, 0.6) is 0 Å². The van der Waals surface area contributed by atoms with Gasteiger partial charge >= 0.3 is 6.18 Å². The molecular formula is C25H33ClF3N3O4. The average Bonchev–Trinajstić information content (AvgIpc) is 2.79. The highest BCUT2D eigenvalue weighted by Crippen LogP contribution is 2.34. The van der Waals surface area contributed by atoms with Gasteiger partial charge in [0, 0.05) is 10.4 Å². The van der Waals surface area contributed by atoms with E-state index in [1.165, 1.54) is 21.0 Å². The summed E-state index contributed by atoms with van der Waals surface area (Å²) in [4.78, 5) is 26.4. The Morgan fingerprint density at radius 1 is 1.25 bits per heavy atom. The Bertz CT molecular complexity index is 999. The van der Waals surface area contributed by atoms with Crippen LogP contribution in [-0.2, 0) is 20.7 Å². The van der Waals surface area contributed by atoms with Crippen LogP contribution in [0.4, 0.5) is 13.2 Å². The molecule has 1 aromatic carbocycles. The van der Waals surface area contributed by atoms with Gasteiger partial charge in [-0.05, 0) is 48.6 Å². The first-order chi connectivity index (χ1) is 16.7. The normalized spacial score (nSPS) is 21.2. The largest absolute Gasteiger partial charge is 0.497 e. The standard InChI is InChI=1S/C25H33ClF3N3O4/c1-14(2)19(21(33)25(27,28)29)31-23(35)20(24(3)10-8-17(36-4)9-11-24)32-22(34)18(30)13-15-6-5-7-16(26)12-15/h5-10,12,14,18-21,33H,11,13,30H2,1-4H3,(H,31,35)(H,32,34)/t18-,19-,20+,21-,24?/m0/s1. The number of ether oxygens (including phenoxy) is 1. The van der Waals surface area contributed by atoms with E-state index in [1.54, 1.807) is 49.4 Å². The third-order valence-corrected chi connectivity index (χ3v) is 6.43. The van der Waals surface area contributed by atoms with Gasteiger partial charge in [0.05, 0.1) is 19.2 Å². The monoisotopic (exact) mass is 531 g/mol. The number of nitrogens with two attached hydrogens (primary N) is 1. The van der Waals surface area contributed by atoms with Crippen LogP contribution >= 0.6 is 11.6 Å². The third-order valence-electron chi connectivity index (χ3n) is 6.20. The fraction of sp³-hybridized carbons (Fsp3) is 0.520. The van der Waals surface area contributed by atoms with Gasteiger partial charge < -0.3 is 26.2 Å². The Hall–Kier alpha value is -2.56. The minimum atomic E-state index is -4.94. The Labute approximate surface area is 213 Å². The Balaban J connectivity index is 2.30. The summed E-state index contributed by atoms with van der Waals surface area (Å²) in [6.07, 6.45) is -2.35. The number of hydrogen-bond donors (Lipinski definition) is 4. The number of nitrogens with one attached hydrogen (secondary N) is 2. The van der Waals surface area contributed by atoms with Crippen molar-refractivity contribution in [1.29, 1.82) is 0 Å². The third kappa shape index (κ3) is 7.72. The molecule has 0 bridgehead atoms. The Kier molecular flexibility index (Phi) is 9.99. The second-order valence-electron chi connectivity index (χ2n) is 9.50. The molecule has 200 valence electrons. The SMILES string of the molecule is COC1=CCC(C)([C@H](NC(=O)[C@@H](N)Cc2cccc(Cl)c2)C(=O)N[C@@H](C(C)C)[C@H](O)C(F)(F)F)C=C1. The van der Waals surface area contributed by atoms with Gasteiger partial charge in [-0.2, -0.15) is 13.2 Å². The maximum Gasteiger partial charge on any atom is 0.416 e. The lowest BCUT2D eigenvalue weighted by Crippen LogP contribution is -2.62. The number of alkyl halides is 3. The maximum absolute atomic E-state index is 13.4. The number of hydrogen-bond acceptors (Lipinski definition) is 5. The van der Waals surface area contributed by atoms with Crippen molar-refractivity contribution >= 4 is 23.4 Å². The van der Waals surface area contributed by atoms with Crippen LogP contribution < -0.4 is 16.4 Å². The molecule has 0 heterocycles. The predicted octanol–water partition coefficient (Wildman–Crippen LogP) is 3.26. The van der Waals surface area contributed by atoms with Gasteiger partial charge in [0.25, 0.3) is 0 Å². The van der Waals surface area contributed by atoms with Crippen molar-refractivity contribution in [2.75, 3.05) is 7.11 Å². The minimum absolute atomic E-state index is 0.127. The van der Waals surface area contributed by atoms with Gasteiger partial charge in [-0.3, -0.25) is 9.59 Å². The number of aliphatic hydroxyl groups is 1. The summed E-state index contributed by atoms with van der Waals surface area (Å²) >= 11 is 5.99. The van der Waals surface area contributed by atoms with E-state index in [9.17, 15) is 27.9 Å². The summed E-state index contributed by atoms with van der Waals surface area (Å²) in [7, 11) is 1.48. The molecule has 5 N–H and O–H groups in total. The number of benzene rings is 1. The number of carbonyl (C=O) groups excluding carboxylic acids is 2. The van der Waals surface area contributed by atoms with Crippen molar-refractivity contribution < 1.29 is 32.6 Å². The van der Waals surface area contributed by atoms with Gasteiger partial charge in [-0.1, -0.05) is 50.6 Å². The summed E-state index contributed by atoms with van der Waals surface area (Å²) < 4.78 is 44.9. The molecule has 2 amide bonds. The number of allylic oxidation sites excluding steroid dienone is 2. The van der Waals surface area contributed by atoms with E-state index in [-0.39, 0.29) is 12.8 Å². The van der Waals surface area contributed by atoms with Crippen molar-refractivity contribution in [3.63, 3.8) is 0 Å². The molecule has 0 aliphatic heterocycles. The van der Waals surface area contributed by atoms with E-state index >= 15 is 0 Å². The molecule has 5 atom stereocenters. The molecule has 0 spiro atoms. The van der Waals surface area contributed by atoms with Crippen LogP contribution in [-0.4, -0.2) is 54.4 Å². The molecule has 0 radical (unpaired) electrons. The molecule has 11 heteroatoms. The Morgan fingerprint density at radius 2 is 1.92 bits per heavy atom. The smallest absolute Gasteiger partial charge is 0.416 e. The fourth-order valence-electron chi connectivity index (χ4n) is 3.95. The quantitative estimate of drug-likeness (QED) is 0.370. The molecule has 2 rings (SSSR count). The first-order valence-electron chi connectivity index (χ1n) is 11.5. The highest BCUT2D eigenvalue weighted by atomic mass is 35.5. The number of aliphatic hydroxyl groups excluding tert-OH is 1. The van der Waals surface area contributed by atoms with Gasteiger partial charge in [-0.25, -0.2) is 0 Å². The molecule has 1 aliphatic rings. The van der Waals surface area contributed by atoms with Gasteiger partial charge in [0.1, 0.15) is 11.8 Å². The van der Waals surface area contributed by atoms with Crippen LogP contribution in [0, 0.1) is 11.3 Å². The minimum Gasteiger partial charge on any atom is -0.497 e. The van der Waals surface area contributed by atoms with E-state index in [0.717, 1.165) is 0 Å². The highest BCUT2D eigenvalue weighted by molar-refractivity contribution is 6.30. The Morgan fingerprint density at radius 3 is 2.42 bits per heavy atom. The molecule has 7 nitrogen and oxygen atoms in total. The second kappa shape index (κ2) is 12.1. The van der Waals surface area contributed by atoms with E-state index in [0.29, 0.717) is 16.3 Å². The summed E-state index contributed by atoms with van der Waals surface area (Å²) in [6, 6.07) is 2.83. The van der Waals surface area contributed by atoms with Gasteiger partial charge in [0.2, 0.25) is 11.8 Å². The van der Waals surface area contributed by atoms with Crippen LogP contribution in [0.2, 0.25) is 5.02 Å². The lowest BCUT2D eigenvalue weighted by molar-refractivity contribution is -0.215. The molecular weight excluding hydrogens is 499 g/mol. The lowest BCUT2D eigenvalue weighted by atomic mass is 9.75. The molecule has 0 saturated heterocycles. The van der Waals surface area contributed by atoms with E-state index in [1.807, 2.05) is 0 Å². The van der Waals surface area contributed by atoms with E-state index in [2.05, 4.69) is 10.6 Å². The zero-order chi connectivity index (χ0) is 27.3. The van der Waals surface area contributed by atoms with E-state index < -0.39 is 53.6 Å². The van der Waals surface area contributed by atoms with Crippen molar-refractivity contribution in [2.24, 2.45) is 17.1 Å². The first kappa shape index (κ1) is 29.7. The van der Waals surface area contributed by atoms with Crippen LogP contribution in [0.15, 0.2) is 48.3 Å². The molecule has 0 fully saturated rings. The zero-order valence-corrected chi connectivity index (χ0v) is 21.4. The molecule has 1 aromatic rings. The van der Waals surface area contributed by atoms with Crippen LogP contribution in [0.1, 0.15) is 32.8 Å². The molecule has 1 aliphatic carbocycles. The summed E-state index contributed by atoms with van der Waals surface area (Å²) in [5, 5.41) is 15.2. The summed E-state index contributed by atoms with van der Waals surface area (Å²) in [5.41, 5.74) is 5.79. The van der Waals surface area contributed by atoms with Crippen molar-refractivity contribution in [3.05, 3.63) is 58.8 Å². The van der Waals surface area contributed by atoms with Crippen molar-refractivity contribution in [2.45, 2.75) is 64.0 Å². The fourth-order valence-corrected chi connectivity index (χ4v) is 4.16. The van der Waals surface area contributed by atoms with Crippen LogP contribution in [0.25, 0.3) is 0 Å². The predicted molar refractivity (Wildman–Crippen MR) is 131 cm³/mol. The second-order valence-corrected chi connectivity index (χ2v) is 9.94. The summed E-state index contributed by atoms with van der Waals surface area (Å²) in [5.74, 6) is -1.74. The lowest BCUT2D eigenvalue weighted by Gasteiger charge is -2.38. The average molecular weight is 532 g/mol. The number of amides is 2. The van der Waals surface area contributed by atoms with Crippen LogP contribution in [0.3, 0.4) is 0 Å². The summed E-state index contributed by atoms with van der Waals surface area (Å²) in [6.45, 7) is 4.58. The van der Waals surface area contributed by atoms with Gasteiger partial charge in [-0.15, -0.1) is 0 Å². The first-order valence-corrected chi connectivity index (χ1v) is 11.8. The van der Waals surface area contributed by atoms with Crippen molar-refractivity contribution in [1.82, 2.24) is 10.6 Å². The highest BCUT2D eigenvalue weighted by Gasteiger charge is 2.47. The topological polar surface area (TPSA) is 114 Å². The number of carbonyl (C=O) groups is 2. The number of rotatable bonds is 10. The molecule has 0 aromatic heterocycles. The number of halogens is 4. The molecule has 0 saturated carbocycles. The van der Waals surface area contributed by atoms with E-state index in [4.69, 9.17) is 22.1 Å². The number of methoxy groups -OCH3 is 1. The molecule has 36 heavy (non-hydrogen) atoms. The van der Waals surface area contributed by atoms with Crippen molar-refractivity contribution in [3.8, 4) is 0 Å². The molecule has 1 unspecified atom stereocenters. The van der Waals surface area contributed by atoms with Gasteiger partial charge in [0.15, 0.2) is 6.10 Å². The zero-order valence-electron chi connectivity index (χ0n) is 20.6. The maximum atomic E-state index is 13.4.